The van der Waals surface area contributed by atoms with E-state index in [0.29, 0.717) is 11.6 Å². The summed E-state index contributed by atoms with van der Waals surface area (Å²) < 4.78 is 1.99. The summed E-state index contributed by atoms with van der Waals surface area (Å²) in [6, 6.07) is 8.23. The van der Waals surface area contributed by atoms with Gasteiger partial charge in [0.15, 0.2) is 5.69 Å². The number of anilines is 1. The Morgan fingerprint density at radius 3 is 2.15 bits per heavy atom. The topological polar surface area (TPSA) is 38.1 Å². The molecule has 142 valence electrons. The van der Waals surface area contributed by atoms with E-state index < -0.39 is 0 Å². The molecule has 0 radical (unpaired) electrons. The quantitative estimate of drug-likeness (QED) is 0.733. The molecular weight excluding hydrogens is 322 g/mol. The highest BCUT2D eigenvalue weighted by atomic mass is 16.2. The SMILES string of the molecule is Cc1ccc(C)c(N(C(=O)c2cc(C(C)C)n(C(C)(C)C)n2)C(C)C)c1. The van der Waals surface area contributed by atoms with Crippen LogP contribution in [0.5, 0.6) is 0 Å². The van der Waals surface area contributed by atoms with Gasteiger partial charge in [-0.15, -0.1) is 0 Å². The van der Waals surface area contributed by atoms with Gasteiger partial charge in [0.05, 0.1) is 5.54 Å². The zero-order valence-electron chi connectivity index (χ0n) is 17.7. The zero-order valence-corrected chi connectivity index (χ0v) is 17.7. The molecule has 1 aromatic carbocycles. The van der Waals surface area contributed by atoms with E-state index in [9.17, 15) is 4.79 Å². The van der Waals surface area contributed by atoms with Crippen LogP contribution in [-0.4, -0.2) is 21.7 Å². The van der Waals surface area contributed by atoms with Gasteiger partial charge in [-0.25, -0.2) is 0 Å². The van der Waals surface area contributed by atoms with Crippen LogP contribution in [0.2, 0.25) is 0 Å². The van der Waals surface area contributed by atoms with Gasteiger partial charge in [0, 0.05) is 17.4 Å². The van der Waals surface area contributed by atoms with Gasteiger partial charge in [0.2, 0.25) is 0 Å². The number of benzene rings is 1. The Kier molecular flexibility index (Phi) is 5.64. The number of aromatic nitrogens is 2. The lowest BCUT2D eigenvalue weighted by Gasteiger charge is -2.28. The van der Waals surface area contributed by atoms with Crippen molar-refractivity contribution in [3.63, 3.8) is 0 Å². The van der Waals surface area contributed by atoms with Crippen molar-refractivity contribution in [2.45, 2.75) is 79.8 Å². The molecule has 0 aliphatic carbocycles. The van der Waals surface area contributed by atoms with Crippen LogP contribution in [0.3, 0.4) is 0 Å². The monoisotopic (exact) mass is 355 g/mol. The van der Waals surface area contributed by atoms with Gasteiger partial charge in [0.25, 0.3) is 5.91 Å². The van der Waals surface area contributed by atoms with Crippen LogP contribution >= 0.6 is 0 Å². The molecule has 4 heteroatoms. The standard InChI is InChI=1S/C22H33N3O/c1-14(2)19-13-18(23-25(19)22(7,8)9)21(26)24(15(3)4)20-12-16(5)10-11-17(20)6/h10-15H,1-9H3. The summed E-state index contributed by atoms with van der Waals surface area (Å²) >= 11 is 0. The van der Waals surface area contributed by atoms with Crippen LogP contribution in [0.15, 0.2) is 24.3 Å². The lowest BCUT2D eigenvalue weighted by molar-refractivity contribution is 0.0973. The van der Waals surface area contributed by atoms with Crippen LogP contribution in [0.4, 0.5) is 5.69 Å². The van der Waals surface area contributed by atoms with Crippen LogP contribution in [0.25, 0.3) is 0 Å². The predicted octanol–water partition coefficient (Wildman–Crippen LogP) is 5.43. The lowest BCUT2D eigenvalue weighted by atomic mass is 10.1. The third-order valence-corrected chi connectivity index (χ3v) is 4.54. The maximum atomic E-state index is 13.4. The van der Waals surface area contributed by atoms with Crippen molar-refractivity contribution in [3.8, 4) is 0 Å². The third-order valence-electron chi connectivity index (χ3n) is 4.54. The predicted molar refractivity (Wildman–Crippen MR) is 109 cm³/mol. The maximum absolute atomic E-state index is 13.4. The average molecular weight is 356 g/mol. The van der Waals surface area contributed by atoms with E-state index in [-0.39, 0.29) is 17.5 Å². The molecule has 0 fully saturated rings. The van der Waals surface area contributed by atoms with E-state index >= 15 is 0 Å². The number of hydrogen-bond acceptors (Lipinski definition) is 2. The van der Waals surface area contributed by atoms with Gasteiger partial charge in [-0.05, 0) is 77.6 Å². The molecule has 0 bridgehead atoms. The van der Waals surface area contributed by atoms with Crippen molar-refractivity contribution < 1.29 is 4.79 Å². The normalized spacial score (nSPS) is 12.1. The van der Waals surface area contributed by atoms with Crippen molar-refractivity contribution in [3.05, 3.63) is 46.8 Å². The van der Waals surface area contributed by atoms with Crippen molar-refractivity contribution in [1.29, 1.82) is 0 Å². The fraction of sp³-hybridized carbons (Fsp3) is 0.545. The van der Waals surface area contributed by atoms with E-state index in [2.05, 4.69) is 59.7 Å². The van der Waals surface area contributed by atoms with Crippen molar-refractivity contribution in [2.24, 2.45) is 0 Å². The molecule has 1 aromatic heterocycles. The van der Waals surface area contributed by atoms with Crippen molar-refractivity contribution in [1.82, 2.24) is 9.78 Å². The molecule has 1 amide bonds. The summed E-state index contributed by atoms with van der Waals surface area (Å²) in [5.41, 5.74) is 4.63. The van der Waals surface area contributed by atoms with Gasteiger partial charge in [-0.2, -0.15) is 5.10 Å². The minimum Gasteiger partial charge on any atom is -0.304 e. The first-order valence-electron chi connectivity index (χ1n) is 9.44. The van der Waals surface area contributed by atoms with Crippen LogP contribution in [0, 0.1) is 13.8 Å². The van der Waals surface area contributed by atoms with Crippen LogP contribution in [0.1, 0.15) is 81.7 Å². The molecule has 0 atom stereocenters. The largest absolute Gasteiger partial charge is 0.304 e. The average Bonchev–Trinajstić information content (AvgIpc) is 2.96. The Morgan fingerprint density at radius 2 is 1.69 bits per heavy atom. The summed E-state index contributed by atoms with van der Waals surface area (Å²) in [5.74, 6) is 0.259. The molecule has 0 aliphatic heterocycles. The minimum atomic E-state index is -0.167. The molecule has 0 spiro atoms. The number of nitrogens with zero attached hydrogens (tertiary/aromatic N) is 3. The Labute approximate surface area is 158 Å². The second-order valence-electron chi connectivity index (χ2n) is 8.75. The Morgan fingerprint density at radius 1 is 1.08 bits per heavy atom. The molecule has 0 unspecified atom stereocenters. The van der Waals surface area contributed by atoms with Gasteiger partial charge < -0.3 is 4.90 Å². The molecule has 0 saturated heterocycles. The molecule has 0 aliphatic rings. The Bertz CT molecular complexity index is 794. The molecule has 1 heterocycles. The molecule has 2 aromatic rings. The van der Waals surface area contributed by atoms with E-state index in [1.807, 2.05) is 36.4 Å². The van der Waals surface area contributed by atoms with Crippen LogP contribution < -0.4 is 4.90 Å². The number of carbonyl (C=O) groups excluding carboxylic acids is 1. The molecule has 4 nitrogen and oxygen atoms in total. The first-order valence-corrected chi connectivity index (χ1v) is 9.44. The summed E-state index contributed by atoms with van der Waals surface area (Å²) in [6.45, 7) is 18.8. The molecule has 0 N–H and O–H groups in total. The first-order chi connectivity index (χ1) is 11.9. The number of amides is 1. The van der Waals surface area contributed by atoms with Crippen LogP contribution in [-0.2, 0) is 5.54 Å². The lowest BCUT2D eigenvalue weighted by Crippen LogP contribution is -2.38. The molecule has 0 saturated carbocycles. The molecule has 2 rings (SSSR count). The molecular formula is C22H33N3O. The summed E-state index contributed by atoms with van der Waals surface area (Å²) in [4.78, 5) is 15.3. The van der Waals surface area contributed by atoms with Gasteiger partial charge in [0.1, 0.15) is 0 Å². The Balaban J connectivity index is 2.56. The van der Waals surface area contributed by atoms with Gasteiger partial charge in [-0.3, -0.25) is 9.48 Å². The highest BCUT2D eigenvalue weighted by molar-refractivity contribution is 6.05. The number of aryl methyl sites for hydroxylation is 2. The third kappa shape index (κ3) is 4.00. The smallest absolute Gasteiger partial charge is 0.279 e. The summed E-state index contributed by atoms with van der Waals surface area (Å²) in [7, 11) is 0. The van der Waals surface area contributed by atoms with E-state index in [1.165, 1.54) is 0 Å². The number of hydrogen-bond donors (Lipinski definition) is 0. The van der Waals surface area contributed by atoms with Crippen molar-refractivity contribution in [2.75, 3.05) is 4.90 Å². The number of rotatable bonds is 4. The molecule has 26 heavy (non-hydrogen) atoms. The minimum absolute atomic E-state index is 0.0430. The fourth-order valence-corrected chi connectivity index (χ4v) is 3.17. The first kappa shape index (κ1) is 20.2. The van der Waals surface area contributed by atoms with E-state index in [4.69, 9.17) is 5.10 Å². The van der Waals surface area contributed by atoms with E-state index in [1.54, 1.807) is 0 Å². The van der Waals surface area contributed by atoms with Crippen molar-refractivity contribution >= 4 is 11.6 Å². The summed E-state index contributed by atoms with van der Waals surface area (Å²) in [5, 5.41) is 4.71. The second-order valence-corrected chi connectivity index (χ2v) is 8.75. The maximum Gasteiger partial charge on any atom is 0.279 e. The Hall–Kier alpha value is -2.10. The van der Waals surface area contributed by atoms with Gasteiger partial charge in [-0.1, -0.05) is 26.0 Å². The highest BCUT2D eigenvalue weighted by Crippen LogP contribution is 2.28. The zero-order chi connectivity index (χ0) is 19.8. The summed E-state index contributed by atoms with van der Waals surface area (Å²) in [6.07, 6.45) is 0. The fourth-order valence-electron chi connectivity index (χ4n) is 3.17. The van der Waals surface area contributed by atoms with Gasteiger partial charge >= 0.3 is 0 Å². The van der Waals surface area contributed by atoms with E-state index in [0.717, 1.165) is 22.5 Å². The second kappa shape index (κ2) is 7.26. The number of carbonyl (C=O) groups is 1. The highest BCUT2D eigenvalue weighted by Gasteiger charge is 2.28.